The molecule has 0 aliphatic heterocycles. The molecule has 1 aromatic carbocycles. The molecule has 0 spiro atoms. The molecule has 0 saturated heterocycles. The fraction of sp³-hybridized carbons (Fsp3) is 0.417. The summed E-state index contributed by atoms with van der Waals surface area (Å²) in [7, 11) is 1.95. The summed E-state index contributed by atoms with van der Waals surface area (Å²) in [4.78, 5) is 2.03. The van der Waals surface area contributed by atoms with Gasteiger partial charge in [-0.3, -0.25) is 0 Å². The topological polar surface area (TPSA) is 47.3 Å². The van der Waals surface area contributed by atoms with Crippen LogP contribution in [0.4, 0.5) is 5.69 Å². The molecule has 0 radical (unpaired) electrons. The summed E-state index contributed by atoms with van der Waals surface area (Å²) in [5.74, 6) is 0. The van der Waals surface area contributed by atoms with Crippen LogP contribution in [-0.4, -0.2) is 24.8 Å². The van der Waals surface area contributed by atoms with Crippen molar-refractivity contribution in [1.29, 1.82) is 5.26 Å². The highest BCUT2D eigenvalue weighted by Gasteiger charge is 2.05. The second kappa shape index (κ2) is 5.88. The average molecular weight is 283 g/mol. The van der Waals surface area contributed by atoms with Crippen LogP contribution < -0.4 is 4.90 Å². The molecule has 0 amide bonds. The van der Waals surface area contributed by atoms with E-state index in [2.05, 4.69) is 22.0 Å². The summed E-state index contributed by atoms with van der Waals surface area (Å²) >= 11 is 3.37. The van der Waals surface area contributed by atoms with Crippen molar-refractivity contribution in [3.63, 3.8) is 0 Å². The van der Waals surface area contributed by atoms with Crippen LogP contribution in [0, 0.1) is 11.3 Å². The Hall–Kier alpha value is -1.05. The van der Waals surface area contributed by atoms with Gasteiger partial charge in [0.05, 0.1) is 17.7 Å². The van der Waals surface area contributed by atoms with Crippen LogP contribution in [0.3, 0.4) is 0 Å². The van der Waals surface area contributed by atoms with E-state index < -0.39 is 0 Å². The number of aliphatic hydroxyl groups is 1. The van der Waals surface area contributed by atoms with Gasteiger partial charge in [-0.2, -0.15) is 5.26 Å². The molecule has 1 N–H and O–H groups in total. The highest BCUT2D eigenvalue weighted by atomic mass is 79.9. The van der Waals surface area contributed by atoms with Crippen LogP contribution in [0.15, 0.2) is 22.7 Å². The molecule has 0 saturated carbocycles. The smallest absolute Gasteiger partial charge is 0.0992 e. The van der Waals surface area contributed by atoms with Crippen molar-refractivity contribution in [1.82, 2.24) is 0 Å². The number of nitrogens with zero attached hydrogens (tertiary/aromatic N) is 2. The van der Waals surface area contributed by atoms with Gasteiger partial charge in [-0.1, -0.05) is 15.9 Å². The van der Waals surface area contributed by atoms with E-state index in [9.17, 15) is 5.11 Å². The van der Waals surface area contributed by atoms with E-state index in [1.54, 1.807) is 13.0 Å². The Morgan fingerprint density at radius 2 is 2.19 bits per heavy atom. The minimum atomic E-state index is -0.301. The first-order chi connectivity index (χ1) is 7.52. The molecule has 1 unspecified atom stereocenters. The number of halogens is 1. The maximum Gasteiger partial charge on any atom is 0.0992 e. The number of benzene rings is 1. The summed E-state index contributed by atoms with van der Waals surface area (Å²) in [6, 6.07) is 7.71. The fourth-order valence-corrected chi connectivity index (χ4v) is 1.85. The van der Waals surface area contributed by atoms with Gasteiger partial charge in [-0.15, -0.1) is 0 Å². The standard InChI is InChI=1S/C12H15BrN2O/c1-9(16)3-4-15(2)12-6-10(8-14)5-11(13)7-12/h5-7,9,16H,3-4H2,1-2H3. The van der Waals surface area contributed by atoms with Crippen molar-refractivity contribution < 1.29 is 5.11 Å². The Morgan fingerprint density at radius 1 is 1.50 bits per heavy atom. The second-order valence-corrected chi connectivity index (χ2v) is 4.78. The maximum absolute atomic E-state index is 9.22. The van der Waals surface area contributed by atoms with Crippen molar-refractivity contribution in [3.05, 3.63) is 28.2 Å². The van der Waals surface area contributed by atoms with Gasteiger partial charge in [-0.05, 0) is 31.5 Å². The van der Waals surface area contributed by atoms with Gasteiger partial charge in [0.2, 0.25) is 0 Å². The van der Waals surface area contributed by atoms with Crippen molar-refractivity contribution >= 4 is 21.6 Å². The number of anilines is 1. The third kappa shape index (κ3) is 3.84. The Bertz CT molecular complexity index is 398. The maximum atomic E-state index is 9.22. The SMILES string of the molecule is CC(O)CCN(C)c1cc(Br)cc(C#N)c1. The van der Waals surface area contributed by atoms with Crippen molar-refractivity contribution in [2.24, 2.45) is 0 Å². The van der Waals surface area contributed by atoms with E-state index in [0.29, 0.717) is 12.0 Å². The quantitative estimate of drug-likeness (QED) is 0.923. The van der Waals surface area contributed by atoms with Gasteiger partial charge >= 0.3 is 0 Å². The van der Waals surface area contributed by atoms with Crippen LogP contribution in [0.25, 0.3) is 0 Å². The van der Waals surface area contributed by atoms with E-state index in [4.69, 9.17) is 5.26 Å². The van der Waals surface area contributed by atoms with Crippen LogP contribution in [0.1, 0.15) is 18.9 Å². The normalized spacial score (nSPS) is 11.9. The van der Waals surface area contributed by atoms with Crippen molar-refractivity contribution in [2.45, 2.75) is 19.4 Å². The third-order valence-corrected chi connectivity index (χ3v) is 2.79. The largest absolute Gasteiger partial charge is 0.393 e. The molecular weight excluding hydrogens is 268 g/mol. The summed E-state index contributed by atoms with van der Waals surface area (Å²) < 4.78 is 0.894. The average Bonchev–Trinajstić information content (AvgIpc) is 2.24. The summed E-state index contributed by atoms with van der Waals surface area (Å²) in [5.41, 5.74) is 1.61. The third-order valence-electron chi connectivity index (χ3n) is 2.33. The van der Waals surface area contributed by atoms with Gasteiger partial charge < -0.3 is 10.0 Å². The minimum absolute atomic E-state index is 0.301. The van der Waals surface area contributed by atoms with E-state index >= 15 is 0 Å². The molecule has 86 valence electrons. The van der Waals surface area contributed by atoms with E-state index in [1.807, 2.05) is 24.1 Å². The summed E-state index contributed by atoms with van der Waals surface area (Å²) in [6.45, 7) is 2.54. The molecule has 0 aliphatic carbocycles. The lowest BCUT2D eigenvalue weighted by Gasteiger charge is -2.20. The van der Waals surface area contributed by atoms with Crippen LogP contribution in [0.2, 0.25) is 0 Å². The zero-order valence-electron chi connectivity index (χ0n) is 9.44. The van der Waals surface area contributed by atoms with E-state index in [-0.39, 0.29) is 6.10 Å². The molecular formula is C12H15BrN2O. The number of aliphatic hydroxyl groups excluding tert-OH is 1. The molecule has 1 atom stereocenters. The zero-order chi connectivity index (χ0) is 12.1. The first kappa shape index (κ1) is 13.0. The fourth-order valence-electron chi connectivity index (χ4n) is 1.37. The van der Waals surface area contributed by atoms with Gasteiger partial charge in [0.1, 0.15) is 0 Å². The Labute approximate surface area is 104 Å². The van der Waals surface area contributed by atoms with Crippen molar-refractivity contribution in [3.8, 4) is 6.07 Å². The predicted octanol–water partition coefficient (Wildman–Crippen LogP) is 2.53. The Morgan fingerprint density at radius 3 is 2.75 bits per heavy atom. The molecule has 0 fully saturated rings. The lowest BCUT2D eigenvalue weighted by Crippen LogP contribution is -2.21. The Balaban J connectivity index is 2.79. The number of rotatable bonds is 4. The Kier molecular flexibility index (Phi) is 4.78. The van der Waals surface area contributed by atoms with Crippen molar-refractivity contribution in [2.75, 3.05) is 18.5 Å². The molecule has 0 heterocycles. The van der Waals surface area contributed by atoms with Gasteiger partial charge in [0.25, 0.3) is 0 Å². The van der Waals surface area contributed by atoms with Crippen LogP contribution >= 0.6 is 15.9 Å². The summed E-state index contributed by atoms with van der Waals surface area (Å²) in [5, 5.41) is 18.1. The van der Waals surface area contributed by atoms with Gasteiger partial charge in [0.15, 0.2) is 0 Å². The molecule has 0 aromatic heterocycles. The number of hydrogen-bond donors (Lipinski definition) is 1. The second-order valence-electron chi connectivity index (χ2n) is 3.87. The first-order valence-corrected chi connectivity index (χ1v) is 5.92. The highest BCUT2D eigenvalue weighted by molar-refractivity contribution is 9.10. The molecule has 1 rings (SSSR count). The molecule has 3 nitrogen and oxygen atoms in total. The molecule has 0 bridgehead atoms. The van der Waals surface area contributed by atoms with Crippen LogP contribution in [-0.2, 0) is 0 Å². The lowest BCUT2D eigenvalue weighted by atomic mass is 10.2. The minimum Gasteiger partial charge on any atom is -0.393 e. The molecule has 16 heavy (non-hydrogen) atoms. The van der Waals surface area contributed by atoms with E-state index in [1.165, 1.54) is 0 Å². The zero-order valence-corrected chi connectivity index (χ0v) is 11.0. The van der Waals surface area contributed by atoms with Crippen LogP contribution in [0.5, 0.6) is 0 Å². The van der Waals surface area contributed by atoms with Gasteiger partial charge in [-0.25, -0.2) is 0 Å². The molecule has 0 aliphatic rings. The lowest BCUT2D eigenvalue weighted by molar-refractivity contribution is 0.187. The number of nitriles is 1. The predicted molar refractivity (Wildman–Crippen MR) is 68.4 cm³/mol. The number of hydrogen-bond acceptors (Lipinski definition) is 3. The molecule has 1 aromatic rings. The highest BCUT2D eigenvalue weighted by Crippen LogP contribution is 2.22. The molecule has 4 heteroatoms. The monoisotopic (exact) mass is 282 g/mol. The van der Waals surface area contributed by atoms with Gasteiger partial charge in [0, 0.05) is 23.8 Å². The summed E-state index contributed by atoms with van der Waals surface area (Å²) in [6.07, 6.45) is 0.412. The van der Waals surface area contributed by atoms with E-state index in [0.717, 1.165) is 16.7 Å². The first-order valence-electron chi connectivity index (χ1n) is 5.13.